The van der Waals surface area contributed by atoms with Gasteiger partial charge in [-0.3, -0.25) is 4.98 Å². The normalized spacial score (nSPS) is 17.7. The molecule has 0 amide bonds. The first-order valence-electron chi connectivity index (χ1n) is 7.70. The number of aliphatic hydroxyl groups excluding tert-OH is 1. The third kappa shape index (κ3) is 3.51. The largest absolute Gasteiger partial charge is 0.394 e. The van der Waals surface area contributed by atoms with Crippen LogP contribution in [0.4, 0.5) is 11.6 Å². The molecule has 2 N–H and O–H groups in total. The summed E-state index contributed by atoms with van der Waals surface area (Å²) in [7, 11) is 0. The Labute approximate surface area is 130 Å². The van der Waals surface area contributed by atoms with Crippen LogP contribution in [0.2, 0.25) is 0 Å². The molecule has 0 aliphatic carbocycles. The number of aliphatic hydroxyl groups is 1. The lowest BCUT2D eigenvalue weighted by atomic mass is 10.2. The number of hydrogen-bond acceptors (Lipinski definition) is 6. The Morgan fingerprint density at radius 3 is 3.05 bits per heavy atom. The van der Waals surface area contributed by atoms with Gasteiger partial charge in [-0.2, -0.15) is 0 Å². The average Bonchev–Trinajstić information content (AvgIpc) is 3.05. The van der Waals surface area contributed by atoms with E-state index in [4.69, 9.17) is 0 Å². The van der Waals surface area contributed by atoms with Crippen LogP contribution in [0.25, 0.3) is 0 Å². The van der Waals surface area contributed by atoms with Crippen molar-refractivity contribution in [3.05, 3.63) is 42.5 Å². The second kappa shape index (κ2) is 7.17. The number of pyridine rings is 1. The highest BCUT2D eigenvalue weighted by Gasteiger charge is 2.25. The Morgan fingerprint density at radius 1 is 1.27 bits per heavy atom. The molecule has 1 fully saturated rings. The van der Waals surface area contributed by atoms with Gasteiger partial charge < -0.3 is 15.3 Å². The molecule has 2 aromatic rings. The second-order valence-corrected chi connectivity index (χ2v) is 5.43. The van der Waals surface area contributed by atoms with Crippen LogP contribution in [0, 0.1) is 0 Å². The van der Waals surface area contributed by atoms with E-state index in [0.29, 0.717) is 0 Å². The van der Waals surface area contributed by atoms with Gasteiger partial charge in [0, 0.05) is 37.5 Å². The third-order valence-corrected chi connectivity index (χ3v) is 3.95. The van der Waals surface area contributed by atoms with Gasteiger partial charge in [0.15, 0.2) is 0 Å². The van der Waals surface area contributed by atoms with Gasteiger partial charge in [-0.25, -0.2) is 9.97 Å². The minimum Gasteiger partial charge on any atom is -0.394 e. The quantitative estimate of drug-likeness (QED) is 0.842. The van der Waals surface area contributed by atoms with Crippen molar-refractivity contribution in [3.8, 4) is 0 Å². The molecule has 1 aliphatic rings. The van der Waals surface area contributed by atoms with E-state index < -0.39 is 0 Å². The van der Waals surface area contributed by atoms with Gasteiger partial charge in [0.1, 0.15) is 18.0 Å². The van der Waals surface area contributed by atoms with E-state index in [1.807, 2.05) is 24.3 Å². The lowest BCUT2D eigenvalue weighted by molar-refractivity contribution is 0.266. The lowest BCUT2D eigenvalue weighted by Gasteiger charge is -2.24. The molecular formula is C16H21N5O. The van der Waals surface area contributed by atoms with E-state index in [1.54, 1.807) is 12.5 Å². The van der Waals surface area contributed by atoms with E-state index >= 15 is 0 Å². The van der Waals surface area contributed by atoms with Crippen molar-refractivity contribution in [1.82, 2.24) is 15.0 Å². The van der Waals surface area contributed by atoms with E-state index in [9.17, 15) is 5.11 Å². The van der Waals surface area contributed by atoms with E-state index in [-0.39, 0.29) is 12.6 Å². The molecule has 3 heterocycles. The topological polar surface area (TPSA) is 74.2 Å². The molecular weight excluding hydrogens is 278 g/mol. The summed E-state index contributed by atoms with van der Waals surface area (Å²) in [5, 5.41) is 12.7. The second-order valence-electron chi connectivity index (χ2n) is 5.43. The SMILES string of the molecule is OC[C@H]1CCCN1c1cc(NCCc2ccccn2)ncn1. The minimum absolute atomic E-state index is 0.173. The third-order valence-electron chi connectivity index (χ3n) is 3.95. The van der Waals surface area contributed by atoms with Crippen molar-refractivity contribution in [2.24, 2.45) is 0 Å². The van der Waals surface area contributed by atoms with E-state index in [0.717, 1.165) is 49.7 Å². The lowest BCUT2D eigenvalue weighted by Crippen LogP contribution is -2.32. The highest BCUT2D eigenvalue weighted by molar-refractivity contribution is 5.49. The molecule has 116 valence electrons. The number of anilines is 2. The first kappa shape index (κ1) is 14.7. The van der Waals surface area contributed by atoms with E-state index in [1.165, 1.54) is 0 Å². The highest BCUT2D eigenvalue weighted by atomic mass is 16.3. The maximum absolute atomic E-state index is 9.43. The van der Waals surface area contributed by atoms with Crippen LogP contribution in [0.1, 0.15) is 18.5 Å². The predicted molar refractivity (Wildman–Crippen MR) is 85.9 cm³/mol. The van der Waals surface area contributed by atoms with E-state index in [2.05, 4.69) is 25.2 Å². The van der Waals surface area contributed by atoms with Gasteiger partial charge in [0.2, 0.25) is 0 Å². The van der Waals surface area contributed by atoms with Gasteiger partial charge in [-0.1, -0.05) is 6.07 Å². The van der Waals surface area contributed by atoms with Gasteiger partial charge in [0.25, 0.3) is 0 Å². The maximum atomic E-state index is 9.43. The summed E-state index contributed by atoms with van der Waals surface area (Å²) in [6, 6.07) is 8.06. The Morgan fingerprint density at radius 2 is 2.23 bits per heavy atom. The van der Waals surface area contributed by atoms with Gasteiger partial charge in [0.05, 0.1) is 12.6 Å². The predicted octanol–water partition coefficient (Wildman–Crippen LogP) is 1.49. The number of nitrogens with zero attached hydrogens (tertiary/aromatic N) is 4. The molecule has 1 saturated heterocycles. The van der Waals surface area contributed by atoms with Crippen LogP contribution in [0.3, 0.4) is 0 Å². The standard InChI is InChI=1S/C16H21N5O/c22-11-14-5-3-9-21(14)16-10-15(19-12-20-16)18-8-6-13-4-1-2-7-17-13/h1-2,4,7,10,12,14,22H,3,5-6,8-9,11H2,(H,18,19,20)/t14-/m1/s1. The Balaban J connectivity index is 1.59. The van der Waals surface area contributed by atoms with Crippen LogP contribution < -0.4 is 10.2 Å². The molecule has 3 rings (SSSR count). The molecule has 0 spiro atoms. The average molecular weight is 299 g/mol. The summed E-state index contributed by atoms with van der Waals surface area (Å²) in [5.74, 6) is 1.69. The minimum atomic E-state index is 0.173. The van der Waals surface area contributed by atoms with Crippen molar-refractivity contribution in [3.63, 3.8) is 0 Å². The van der Waals surface area contributed by atoms with Crippen molar-refractivity contribution < 1.29 is 5.11 Å². The van der Waals surface area contributed by atoms with Gasteiger partial charge in [-0.15, -0.1) is 0 Å². The molecule has 0 bridgehead atoms. The molecule has 0 radical (unpaired) electrons. The zero-order valence-corrected chi connectivity index (χ0v) is 12.5. The summed E-state index contributed by atoms with van der Waals surface area (Å²) < 4.78 is 0. The number of hydrogen-bond donors (Lipinski definition) is 2. The fourth-order valence-corrected chi connectivity index (χ4v) is 2.79. The first-order valence-corrected chi connectivity index (χ1v) is 7.70. The van der Waals surface area contributed by atoms with Crippen LogP contribution in [-0.2, 0) is 6.42 Å². The summed E-state index contributed by atoms with van der Waals surface area (Å²) in [6.07, 6.45) is 6.34. The molecule has 6 heteroatoms. The zero-order valence-electron chi connectivity index (χ0n) is 12.5. The molecule has 0 unspecified atom stereocenters. The molecule has 2 aromatic heterocycles. The van der Waals surface area contributed by atoms with Crippen molar-refractivity contribution in [1.29, 1.82) is 0 Å². The Kier molecular flexibility index (Phi) is 4.80. The van der Waals surface area contributed by atoms with Crippen molar-refractivity contribution >= 4 is 11.6 Å². The fourth-order valence-electron chi connectivity index (χ4n) is 2.79. The zero-order chi connectivity index (χ0) is 15.2. The summed E-state index contributed by atoms with van der Waals surface area (Å²) in [5.41, 5.74) is 1.06. The molecule has 0 aromatic carbocycles. The van der Waals surface area contributed by atoms with Crippen molar-refractivity contribution in [2.45, 2.75) is 25.3 Å². The molecule has 0 saturated carbocycles. The molecule has 6 nitrogen and oxygen atoms in total. The number of nitrogens with one attached hydrogen (secondary N) is 1. The first-order chi connectivity index (χ1) is 10.9. The van der Waals surface area contributed by atoms with Crippen LogP contribution in [0.5, 0.6) is 0 Å². The number of rotatable bonds is 6. The van der Waals surface area contributed by atoms with Gasteiger partial charge >= 0.3 is 0 Å². The van der Waals surface area contributed by atoms with Gasteiger partial charge in [-0.05, 0) is 25.0 Å². The van der Waals surface area contributed by atoms with Crippen molar-refractivity contribution in [2.75, 3.05) is 29.9 Å². The Bertz CT molecular complexity index is 592. The van der Waals surface area contributed by atoms with Crippen LogP contribution in [0.15, 0.2) is 36.8 Å². The summed E-state index contributed by atoms with van der Waals surface area (Å²) in [6.45, 7) is 1.89. The van der Waals surface area contributed by atoms with Crippen LogP contribution >= 0.6 is 0 Å². The smallest absolute Gasteiger partial charge is 0.134 e. The monoisotopic (exact) mass is 299 g/mol. The number of aromatic nitrogens is 3. The molecule has 1 aliphatic heterocycles. The van der Waals surface area contributed by atoms with Crippen LogP contribution in [-0.4, -0.2) is 45.8 Å². The Hall–Kier alpha value is -2.21. The molecule has 1 atom stereocenters. The highest BCUT2D eigenvalue weighted by Crippen LogP contribution is 2.24. The summed E-state index contributed by atoms with van der Waals surface area (Å²) in [4.78, 5) is 15.1. The fraction of sp³-hybridized carbons (Fsp3) is 0.438. The summed E-state index contributed by atoms with van der Waals surface area (Å²) >= 11 is 0. The maximum Gasteiger partial charge on any atom is 0.134 e. The molecule has 22 heavy (non-hydrogen) atoms.